The molecule has 1 N–H and O–H groups in total. The van der Waals surface area contributed by atoms with Crippen LogP contribution in [0, 0.1) is 23.0 Å². The maximum absolute atomic E-state index is 13.4. The van der Waals surface area contributed by atoms with E-state index in [-0.39, 0.29) is 6.54 Å². The Morgan fingerprint density at radius 2 is 1.94 bits per heavy atom. The largest absolute Gasteiger partial charge is 0.381 e. The SMILES string of the molecule is N#Cc1cccc(NCc2ccc(F)cc2F)c1. The highest BCUT2D eigenvalue weighted by Crippen LogP contribution is 2.14. The molecule has 0 aromatic heterocycles. The highest BCUT2D eigenvalue weighted by molar-refractivity contribution is 5.49. The van der Waals surface area contributed by atoms with Gasteiger partial charge in [0.25, 0.3) is 0 Å². The van der Waals surface area contributed by atoms with E-state index in [1.807, 2.05) is 6.07 Å². The number of anilines is 1. The third-order valence-corrected chi connectivity index (χ3v) is 2.49. The van der Waals surface area contributed by atoms with Crippen molar-refractivity contribution in [1.29, 1.82) is 5.26 Å². The lowest BCUT2D eigenvalue weighted by atomic mass is 10.2. The Labute approximate surface area is 103 Å². The van der Waals surface area contributed by atoms with Crippen molar-refractivity contribution in [2.45, 2.75) is 6.54 Å². The monoisotopic (exact) mass is 244 g/mol. The predicted octanol–water partition coefficient (Wildman–Crippen LogP) is 3.45. The number of hydrogen-bond donors (Lipinski definition) is 1. The van der Waals surface area contributed by atoms with E-state index in [1.165, 1.54) is 12.1 Å². The summed E-state index contributed by atoms with van der Waals surface area (Å²) < 4.78 is 26.1. The minimum absolute atomic E-state index is 0.237. The maximum Gasteiger partial charge on any atom is 0.131 e. The Bertz CT molecular complexity index is 603. The first-order valence-corrected chi connectivity index (χ1v) is 5.37. The van der Waals surface area contributed by atoms with E-state index in [0.717, 1.165) is 11.8 Å². The number of hydrogen-bond acceptors (Lipinski definition) is 2. The van der Waals surface area contributed by atoms with Crippen molar-refractivity contribution in [3.63, 3.8) is 0 Å². The zero-order valence-corrected chi connectivity index (χ0v) is 9.45. The maximum atomic E-state index is 13.4. The average molecular weight is 244 g/mol. The summed E-state index contributed by atoms with van der Waals surface area (Å²) in [6.07, 6.45) is 0. The molecule has 0 unspecified atom stereocenters. The topological polar surface area (TPSA) is 35.8 Å². The molecule has 0 aliphatic rings. The van der Waals surface area contributed by atoms with Crippen molar-refractivity contribution in [1.82, 2.24) is 0 Å². The quantitative estimate of drug-likeness (QED) is 0.897. The third kappa shape index (κ3) is 2.83. The number of rotatable bonds is 3. The van der Waals surface area contributed by atoms with Crippen LogP contribution in [0.2, 0.25) is 0 Å². The molecule has 2 aromatic carbocycles. The second kappa shape index (κ2) is 5.28. The van der Waals surface area contributed by atoms with E-state index in [9.17, 15) is 8.78 Å². The van der Waals surface area contributed by atoms with Gasteiger partial charge in [0.05, 0.1) is 11.6 Å². The van der Waals surface area contributed by atoms with Gasteiger partial charge in [-0.1, -0.05) is 12.1 Å². The van der Waals surface area contributed by atoms with Crippen LogP contribution in [-0.2, 0) is 6.54 Å². The van der Waals surface area contributed by atoms with Gasteiger partial charge in [0.1, 0.15) is 11.6 Å². The molecule has 0 amide bonds. The smallest absolute Gasteiger partial charge is 0.131 e. The van der Waals surface area contributed by atoms with Gasteiger partial charge in [-0.2, -0.15) is 5.26 Å². The van der Waals surface area contributed by atoms with Gasteiger partial charge in [0, 0.05) is 23.9 Å². The number of nitriles is 1. The number of nitrogens with zero attached hydrogens (tertiary/aromatic N) is 1. The Hall–Kier alpha value is -2.41. The predicted molar refractivity (Wildman–Crippen MR) is 64.8 cm³/mol. The normalized spacial score (nSPS) is 9.83. The fraction of sp³-hybridized carbons (Fsp3) is 0.0714. The van der Waals surface area contributed by atoms with Crippen LogP contribution in [0.25, 0.3) is 0 Å². The van der Waals surface area contributed by atoms with Crippen LogP contribution in [0.5, 0.6) is 0 Å². The van der Waals surface area contributed by atoms with E-state index in [4.69, 9.17) is 5.26 Å². The zero-order valence-electron chi connectivity index (χ0n) is 9.45. The van der Waals surface area contributed by atoms with Crippen LogP contribution in [-0.4, -0.2) is 0 Å². The third-order valence-electron chi connectivity index (χ3n) is 2.49. The van der Waals surface area contributed by atoms with Crippen molar-refractivity contribution in [3.05, 3.63) is 65.2 Å². The lowest BCUT2D eigenvalue weighted by Crippen LogP contribution is -2.02. The van der Waals surface area contributed by atoms with Crippen LogP contribution in [0.15, 0.2) is 42.5 Å². The molecular weight excluding hydrogens is 234 g/mol. The molecule has 0 saturated carbocycles. The van der Waals surface area contributed by atoms with Crippen LogP contribution < -0.4 is 5.32 Å². The van der Waals surface area contributed by atoms with Gasteiger partial charge >= 0.3 is 0 Å². The molecule has 0 aliphatic carbocycles. The molecule has 18 heavy (non-hydrogen) atoms. The highest BCUT2D eigenvalue weighted by atomic mass is 19.1. The van der Waals surface area contributed by atoms with Crippen molar-refractivity contribution in [3.8, 4) is 6.07 Å². The molecule has 0 radical (unpaired) electrons. The van der Waals surface area contributed by atoms with Gasteiger partial charge < -0.3 is 5.32 Å². The molecule has 0 fully saturated rings. The summed E-state index contributed by atoms with van der Waals surface area (Å²) in [6.45, 7) is 0.237. The van der Waals surface area contributed by atoms with Crippen molar-refractivity contribution < 1.29 is 8.78 Å². The first-order chi connectivity index (χ1) is 8.69. The minimum atomic E-state index is -0.595. The summed E-state index contributed by atoms with van der Waals surface area (Å²) in [4.78, 5) is 0. The van der Waals surface area contributed by atoms with Gasteiger partial charge in [-0.05, 0) is 24.3 Å². The first kappa shape index (κ1) is 12.1. The summed E-state index contributed by atoms with van der Waals surface area (Å²) >= 11 is 0. The van der Waals surface area contributed by atoms with Crippen LogP contribution >= 0.6 is 0 Å². The molecule has 2 aromatic rings. The van der Waals surface area contributed by atoms with E-state index in [2.05, 4.69) is 5.32 Å². The Morgan fingerprint density at radius 3 is 2.67 bits per heavy atom. The molecule has 2 nitrogen and oxygen atoms in total. The van der Waals surface area contributed by atoms with Gasteiger partial charge in [-0.15, -0.1) is 0 Å². The lowest BCUT2D eigenvalue weighted by Gasteiger charge is -2.07. The Morgan fingerprint density at radius 1 is 1.11 bits per heavy atom. The minimum Gasteiger partial charge on any atom is -0.381 e. The fourth-order valence-electron chi connectivity index (χ4n) is 1.56. The summed E-state index contributed by atoms with van der Waals surface area (Å²) in [5.74, 6) is -1.18. The van der Waals surface area contributed by atoms with Gasteiger partial charge in [-0.3, -0.25) is 0 Å². The highest BCUT2D eigenvalue weighted by Gasteiger charge is 2.03. The molecule has 0 spiro atoms. The first-order valence-electron chi connectivity index (χ1n) is 5.37. The van der Waals surface area contributed by atoms with Crippen molar-refractivity contribution in [2.24, 2.45) is 0 Å². The molecule has 2 rings (SSSR count). The van der Waals surface area contributed by atoms with E-state index in [1.54, 1.807) is 24.3 Å². The van der Waals surface area contributed by atoms with Crippen LogP contribution in [0.3, 0.4) is 0 Å². The second-order valence-electron chi connectivity index (χ2n) is 3.78. The molecule has 4 heteroatoms. The molecule has 0 aliphatic heterocycles. The van der Waals surface area contributed by atoms with Crippen molar-refractivity contribution in [2.75, 3.05) is 5.32 Å². The zero-order chi connectivity index (χ0) is 13.0. The fourth-order valence-corrected chi connectivity index (χ4v) is 1.56. The summed E-state index contributed by atoms with van der Waals surface area (Å²) in [5, 5.41) is 11.7. The Kier molecular flexibility index (Phi) is 3.54. The van der Waals surface area contributed by atoms with E-state index < -0.39 is 11.6 Å². The second-order valence-corrected chi connectivity index (χ2v) is 3.78. The number of nitrogens with one attached hydrogen (secondary N) is 1. The molecule has 0 bridgehead atoms. The van der Waals surface area contributed by atoms with Crippen LogP contribution in [0.1, 0.15) is 11.1 Å². The average Bonchev–Trinajstić information content (AvgIpc) is 2.38. The summed E-state index contributed by atoms with van der Waals surface area (Å²) in [5.41, 5.74) is 1.62. The standard InChI is InChI=1S/C14H10F2N2/c15-12-5-4-11(14(16)7-12)9-18-13-3-1-2-10(6-13)8-17/h1-7,18H,9H2. The van der Waals surface area contributed by atoms with Crippen molar-refractivity contribution >= 4 is 5.69 Å². The summed E-state index contributed by atoms with van der Waals surface area (Å²) in [7, 11) is 0. The van der Waals surface area contributed by atoms with E-state index >= 15 is 0 Å². The summed E-state index contributed by atoms with van der Waals surface area (Å²) in [6, 6.07) is 12.3. The molecular formula is C14H10F2N2. The molecule has 0 saturated heterocycles. The molecule has 0 heterocycles. The van der Waals surface area contributed by atoms with Gasteiger partial charge in [0.15, 0.2) is 0 Å². The number of halogens is 2. The number of benzene rings is 2. The van der Waals surface area contributed by atoms with Gasteiger partial charge in [-0.25, -0.2) is 8.78 Å². The van der Waals surface area contributed by atoms with Crippen LogP contribution in [0.4, 0.5) is 14.5 Å². The lowest BCUT2D eigenvalue weighted by molar-refractivity contribution is 0.574. The molecule has 90 valence electrons. The van der Waals surface area contributed by atoms with Gasteiger partial charge in [0.2, 0.25) is 0 Å². The van der Waals surface area contributed by atoms with E-state index in [0.29, 0.717) is 11.1 Å². The Balaban J connectivity index is 2.09. The molecule has 0 atom stereocenters.